The monoisotopic (exact) mass is 332 g/mol. The number of ether oxygens (including phenoxy) is 1. The fourth-order valence-electron chi connectivity index (χ4n) is 5.92. The van der Waals surface area contributed by atoms with Gasteiger partial charge in [0.15, 0.2) is 11.5 Å². The molecule has 24 heavy (non-hydrogen) atoms. The van der Waals surface area contributed by atoms with E-state index in [0.29, 0.717) is 23.5 Å². The number of nitrogens with one attached hydrogen (secondary N) is 1. The summed E-state index contributed by atoms with van der Waals surface area (Å²) in [5.74, 6) is 8.07. The van der Waals surface area contributed by atoms with Crippen molar-refractivity contribution in [3.8, 4) is 11.5 Å². The molecule has 1 aromatic carbocycles. The molecule has 0 heterocycles. The Morgan fingerprint density at radius 2 is 2.04 bits per heavy atom. The molecule has 2 saturated carbocycles. The molecule has 5 heteroatoms. The molecule has 0 radical (unpaired) electrons. The standard InChI is InChI=1S/C19H28N2O3/c1-19-6-5-10-11-9-17(24-2)16(22)8-13(11)15(21-20)7-12(10)14(19)3-4-18(19)23/h8-10,12,14-15,18,21-23H,3-7,20H2,1-2H3/t10-,12-,14+,15?,18-,19+/m1/s1. The number of benzene rings is 1. The number of rotatable bonds is 2. The maximum Gasteiger partial charge on any atom is 0.160 e. The SMILES string of the molecule is COc1cc2c(cc1O)C(NN)C[C@@H]1[C@@H]2CC[C@]2(C)[C@H](O)CC[C@@H]12. The molecule has 0 aliphatic heterocycles. The molecule has 132 valence electrons. The Morgan fingerprint density at radius 1 is 1.25 bits per heavy atom. The van der Waals surface area contributed by atoms with Crippen molar-refractivity contribution in [2.45, 2.75) is 57.1 Å². The van der Waals surface area contributed by atoms with E-state index in [2.05, 4.69) is 12.3 Å². The lowest BCUT2D eigenvalue weighted by Crippen LogP contribution is -2.46. The van der Waals surface area contributed by atoms with Crippen LogP contribution in [0.2, 0.25) is 0 Å². The van der Waals surface area contributed by atoms with E-state index in [1.807, 2.05) is 12.1 Å². The lowest BCUT2D eigenvalue weighted by atomic mass is 9.54. The third kappa shape index (κ3) is 2.11. The maximum absolute atomic E-state index is 10.5. The largest absolute Gasteiger partial charge is 0.504 e. The highest BCUT2D eigenvalue weighted by atomic mass is 16.5. The van der Waals surface area contributed by atoms with Crippen LogP contribution >= 0.6 is 0 Å². The molecule has 3 aliphatic rings. The van der Waals surface area contributed by atoms with Gasteiger partial charge in [-0.15, -0.1) is 0 Å². The number of hydrogen-bond donors (Lipinski definition) is 4. The Bertz CT molecular complexity index is 650. The topological polar surface area (TPSA) is 87.7 Å². The third-order valence-corrected chi connectivity index (χ3v) is 7.26. The minimum absolute atomic E-state index is 0.0400. The minimum Gasteiger partial charge on any atom is -0.504 e. The van der Waals surface area contributed by atoms with Crippen molar-refractivity contribution in [3.05, 3.63) is 23.3 Å². The van der Waals surface area contributed by atoms with E-state index < -0.39 is 0 Å². The number of hydrogen-bond acceptors (Lipinski definition) is 5. The first kappa shape index (κ1) is 16.2. The summed E-state index contributed by atoms with van der Waals surface area (Å²) >= 11 is 0. The predicted molar refractivity (Wildman–Crippen MR) is 91.6 cm³/mol. The summed E-state index contributed by atoms with van der Waals surface area (Å²) in [5, 5.41) is 20.7. The average molecular weight is 332 g/mol. The van der Waals surface area contributed by atoms with Crippen molar-refractivity contribution in [2.24, 2.45) is 23.1 Å². The second-order valence-corrected chi connectivity index (χ2v) is 8.12. The molecule has 2 fully saturated rings. The van der Waals surface area contributed by atoms with Crippen molar-refractivity contribution in [1.82, 2.24) is 5.43 Å². The zero-order valence-corrected chi connectivity index (χ0v) is 14.5. The lowest BCUT2D eigenvalue weighted by molar-refractivity contribution is -0.0260. The molecular weight excluding hydrogens is 304 g/mol. The van der Waals surface area contributed by atoms with Crippen LogP contribution in [0.3, 0.4) is 0 Å². The lowest BCUT2D eigenvalue weighted by Gasteiger charge is -2.51. The van der Waals surface area contributed by atoms with Gasteiger partial charge in [-0.3, -0.25) is 11.3 Å². The highest BCUT2D eigenvalue weighted by molar-refractivity contribution is 5.50. The Hall–Kier alpha value is -1.30. The van der Waals surface area contributed by atoms with Crippen LogP contribution in [0.1, 0.15) is 62.1 Å². The van der Waals surface area contributed by atoms with Gasteiger partial charge in [0.1, 0.15) is 0 Å². The summed E-state index contributed by atoms with van der Waals surface area (Å²) in [5.41, 5.74) is 5.34. The van der Waals surface area contributed by atoms with Gasteiger partial charge in [-0.05, 0) is 78.5 Å². The number of methoxy groups -OCH3 is 1. The Balaban J connectivity index is 1.78. The Kier molecular flexibility index (Phi) is 3.79. The molecule has 1 aromatic rings. The van der Waals surface area contributed by atoms with Crippen LogP contribution < -0.4 is 16.0 Å². The van der Waals surface area contributed by atoms with E-state index in [9.17, 15) is 10.2 Å². The van der Waals surface area contributed by atoms with Crippen LogP contribution in [0.25, 0.3) is 0 Å². The van der Waals surface area contributed by atoms with Crippen molar-refractivity contribution in [1.29, 1.82) is 0 Å². The average Bonchev–Trinajstić information content (AvgIpc) is 2.89. The Morgan fingerprint density at radius 3 is 2.75 bits per heavy atom. The van der Waals surface area contributed by atoms with E-state index in [1.54, 1.807) is 7.11 Å². The van der Waals surface area contributed by atoms with Gasteiger partial charge in [-0.25, -0.2) is 0 Å². The normalized spacial score (nSPS) is 40.6. The summed E-state index contributed by atoms with van der Waals surface area (Å²) in [6.45, 7) is 2.27. The molecule has 5 N–H and O–H groups in total. The van der Waals surface area contributed by atoms with Gasteiger partial charge in [0, 0.05) is 6.04 Å². The molecule has 5 nitrogen and oxygen atoms in total. The van der Waals surface area contributed by atoms with Crippen molar-refractivity contribution >= 4 is 0 Å². The molecule has 0 bridgehead atoms. The van der Waals surface area contributed by atoms with E-state index in [4.69, 9.17) is 10.6 Å². The second-order valence-electron chi connectivity index (χ2n) is 8.12. The van der Waals surface area contributed by atoms with Gasteiger partial charge in [-0.1, -0.05) is 6.92 Å². The summed E-state index contributed by atoms with van der Waals surface area (Å²) < 4.78 is 5.34. The number of fused-ring (bicyclic) bond motifs is 5. The first-order chi connectivity index (χ1) is 11.5. The summed E-state index contributed by atoms with van der Waals surface area (Å²) in [7, 11) is 1.59. The summed E-state index contributed by atoms with van der Waals surface area (Å²) in [6.07, 6.45) is 4.93. The van der Waals surface area contributed by atoms with Crippen molar-refractivity contribution < 1.29 is 14.9 Å². The number of nitrogens with two attached hydrogens (primary N) is 1. The fourth-order valence-corrected chi connectivity index (χ4v) is 5.92. The van der Waals surface area contributed by atoms with E-state index in [-0.39, 0.29) is 23.3 Å². The molecule has 0 spiro atoms. The molecule has 0 amide bonds. The highest BCUT2D eigenvalue weighted by Crippen LogP contribution is 2.62. The van der Waals surface area contributed by atoms with Crippen LogP contribution in [0.5, 0.6) is 11.5 Å². The first-order valence-corrected chi connectivity index (χ1v) is 9.04. The van der Waals surface area contributed by atoms with Crippen LogP contribution in [-0.2, 0) is 0 Å². The zero-order chi connectivity index (χ0) is 17.1. The smallest absolute Gasteiger partial charge is 0.160 e. The van der Waals surface area contributed by atoms with Gasteiger partial charge in [0.25, 0.3) is 0 Å². The predicted octanol–water partition coefficient (Wildman–Crippen LogP) is 2.58. The molecule has 3 aliphatic carbocycles. The van der Waals surface area contributed by atoms with E-state index in [1.165, 1.54) is 5.56 Å². The highest BCUT2D eigenvalue weighted by Gasteiger charge is 2.55. The molecule has 0 saturated heterocycles. The van der Waals surface area contributed by atoms with Gasteiger partial charge >= 0.3 is 0 Å². The molecule has 4 rings (SSSR count). The Labute approximate surface area is 143 Å². The number of hydrazine groups is 1. The van der Waals surface area contributed by atoms with Gasteiger partial charge < -0.3 is 14.9 Å². The van der Waals surface area contributed by atoms with Crippen LogP contribution in [0.15, 0.2) is 12.1 Å². The third-order valence-electron chi connectivity index (χ3n) is 7.26. The number of phenolic OH excluding ortho intramolecular Hbond substituents is 1. The van der Waals surface area contributed by atoms with Crippen LogP contribution in [0, 0.1) is 17.3 Å². The van der Waals surface area contributed by atoms with Gasteiger partial charge in [-0.2, -0.15) is 0 Å². The molecular formula is C19H28N2O3. The minimum atomic E-state index is -0.177. The van der Waals surface area contributed by atoms with E-state index >= 15 is 0 Å². The van der Waals surface area contributed by atoms with Crippen LogP contribution in [-0.4, -0.2) is 23.4 Å². The molecule has 1 unspecified atom stereocenters. The first-order valence-electron chi connectivity index (χ1n) is 9.04. The second kappa shape index (κ2) is 5.61. The van der Waals surface area contributed by atoms with Crippen molar-refractivity contribution in [3.63, 3.8) is 0 Å². The molecule has 0 aromatic heterocycles. The van der Waals surface area contributed by atoms with Crippen molar-refractivity contribution in [2.75, 3.05) is 7.11 Å². The zero-order valence-electron chi connectivity index (χ0n) is 14.5. The fraction of sp³-hybridized carbons (Fsp3) is 0.684. The van der Waals surface area contributed by atoms with E-state index in [0.717, 1.165) is 37.7 Å². The number of aliphatic hydroxyl groups excluding tert-OH is 1. The van der Waals surface area contributed by atoms with Crippen LogP contribution in [0.4, 0.5) is 0 Å². The maximum atomic E-state index is 10.5. The number of phenols is 1. The summed E-state index contributed by atoms with van der Waals surface area (Å²) in [4.78, 5) is 0. The van der Waals surface area contributed by atoms with Gasteiger partial charge in [0.2, 0.25) is 0 Å². The number of aliphatic hydroxyl groups is 1. The quantitative estimate of drug-likeness (QED) is 0.494. The number of aromatic hydroxyl groups is 1. The van der Waals surface area contributed by atoms with Gasteiger partial charge in [0.05, 0.1) is 13.2 Å². The summed E-state index contributed by atoms with van der Waals surface area (Å²) in [6, 6.07) is 3.85. The molecule has 6 atom stereocenters.